The first-order valence-electron chi connectivity index (χ1n) is 9.77. The molecule has 26 heavy (non-hydrogen) atoms. The van der Waals surface area contributed by atoms with E-state index in [0.29, 0.717) is 5.92 Å². The molecule has 0 N–H and O–H groups in total. The molecular weight excluding hydrogens is 360 g/mol. The first-order chi connectivity index (χ1) is 12.6. The van der Waals surface area contributed by atoms with Crippen molar-refractivity contribution in [2.75, 3.05) is 0 Å². The highest BCUT2D eigenvalue weighted by Gasteiger charge is 2.67. The van der Waals surface area contributed by atoms with Gasteiger partial charge >= 0.3 is 0 Å². The Kier molecular flexibility index (Phi) is 5.00. The Hall–Kier alpha value is -1.12. The molecule has 2 fully saturated rings. The van der Waals surface area contributed by atoms with Crippen molar-refractivity contribution in [2.24, 2.45) is 11.3 Å². The maximum atomic E-state index is 13.5. The van der Waals surface area contributed by atoms with E-state index < -0.39 is 15.0 Å². The summed E-state index contributed by atoms with van der Waals surface area (Å²) in [6.45, 7) is 2.06. The summed E-state index contributed by atoms with van der Waals surface area (Å²) in [5, 5.41) is 0. The van der Waals surface area contributed by atoms with Crippen molar-refractivity contribution >= 4 is 22.4 Å². The Morgan fingerprint density at radius 2 is 1.65 bits per heavy atom. The van der Waals surface area contributed by atoms with Gasteiger partial charge in [0.25, 0.3) is 0 Å². The fourth-order valence-electron chi connectivity index (χ4n) is 5.13. The lowest BCUT2D eigenvalue weighted by molar-refractivity contribution is -0.0210. The third-order valence-corrected chi connectivity index (χ3v) is 9.45. The SMILES string of the molecule is Cc1ccc(S(=O)[C@@]2(Cl)C[C@H](Cc3ccccc3)C23CCCCC3)cc1. The first kappa shape index (κ1) is 18.3. The van der Waals surface area contributed by atoms with Gasteiger partial charge in [0.15, 0.2) is 0 Å². The van der Waals surface area contributed by atoms with Crippen molar-refractivity contribution in [1.29, 1.82) is 0 Å². The third-order valence-electron chi connectivity index (χ3n) is 6.63. The van der Waals surface area contributed by atoms with Crippen molar-refractivity contribution in [3.63, 3.8) is 0 Å². The van der Waals surface area contributed by atoms with Crippen LogP contribution < -0.4 is 0 Å². The molecule has 3 atom stereocenters. The molecule has 2 saturated carbocycles. The number of hydrogen-bond acceptors (Lipinski definition) is 1. The maximum absolute atomic E-state index is 13.5. The van der Waals surface area contributed by atoms with Gasteiger partial charge in [-0.05, 0) is 56.2 Å². The zero-order valence-electron chi connectivity index (χ0n) is 15.4. The van der Waals surface area contributed by atoms with Crippen molar-refractivity contribution in [3.8, 4) is 0 Å². The van der Waals surface area contributed by atoms with Crippen molar-refractivity contribution < 1.29 is 4.21 Å². The summed E-state index contributed by atoms with van der Waals surface area (Å²) in [6, 6.07) is 18.8. The molecule has 0 radical (unpaired) electrons. The van der Waals surface area contributed by atoms with Crippen molar-refractivity contribution in [1.82, 2.24) is 0 Å². The van der Waals surface area contributed by atoms with Crippen LogP contribution in [0.1, 0.15) is 49.7 Å². The smallest absolute Gasteiger partial charge is 0.130 e. The monoisotopic (exact) mass is 386 g/mol. The molecule has 2 aromatic rings. The summed E-state index contributed by atoms with van der Waals surface area (Å²) in [4.78, 5) is 0.883. The number of aryl methyl sites for hydroxylation is 1. The van der Waals surface area contributed by atoms with Gasteiger partial charge in [-0.25, -0.2) is 0 Å². The van der Waals surface area contributed by atoms with Crippen LogP contribution >= 0.6 is 11.6 Å². The molecule has 3 heteroatoms. The van der Waals surface area contributed by atoms with Gasteiger partial charge in [-0.15, -0.1) is 11.6 Å². The largest absolute Gasteiger partial charge is 0.252 e. The van der Waals surface area contributed by atoms with Gasteiger partial charge in [-0.3, -0.25) is 4.21 Å². The summed E-state index contributed by atoms with van der Waals surface area (Å²) >= 11 is 7.23. The fourth-order valence-corrected chi connectivity index (χ4v) is 7.77. The standard InChI is InChI=1S/C23H27ClOS/c1-18-10-12-21(13-11-18)26(25)23(24)17-20(16-19-8-4-2-5-9-19)22(23)14-6-3-7-15-22/h2,4-5,8-13,20H,3,6-7,14-17H2,1H3/t20-,23-,26?/m0/s1. The normalized spacial score (nSPS) is 28.5. The van der Waals surface area contributed by atoms with E-state index in [2.05, 4.69) is 37.3 Å². The Labute approximate surface area is 164 Å². The second-order valence-electron chi connectivity index (χ2n) is 8.12. The highest BCUT2D eigenvalue weighted by molar-refractivity contribution is 7.88. The average Bonchev–Trinajstić information content (AvgIpc) is 2.69. The van der Waals surface area contributed by atoms with E-state index in [1.807, 2.05) is 24.3 Å². The van der Waals surface area contributed by atoms with Crippen molar-refractivity contribution in [3.05, 3.63) is 65.7 Å². The van der Waals surface area contributed by atoms with Crippen LogP contribution in [0.15, 0.2) is 59.5 Å². The number of halogens is 1. The number of benzene rings is 2. The minimum absolute atomic E-state index is 0.0123. The maximum Gasteiger partial charge on any atom is 0.130 e. The molecule has 1 spiro atoms. The van der Waals surface area contributed by atoms with Gasteiger partial charge in [0, 0.05) is 10.3 Å². The lowest BCUT2D eigenvalue weighted by atomic mass is 9.51. The zero-order chi connectivity index (χ0) is 18.2. The molecule has 0 aliphatic heterocycles. The van der Waals surface area contributed by atoms with Gasteiger partial charge in [-0.1, -0.05) is 67.3 Å². The summed E-state index contributed by atoms with van der Waals surface area (Å²) in [5.74, 6) is 0.539. The number of hydrogen-bond donors (Lipinski definition) is 0. The van der Waals surface area contributed by atoms with E-state index in [-0.39, 0.29) is 5.41 Å². The Morgan fingerprint density at radius 1 is 1.00 bits per heavy atom. The average molecular weight is 387 g/mol. The molecule has 138 valence electrons. The Bertz CT molecular complexity index is 780. The molecule has 1 nitrogen and oxygen atoms in total. The van der Waals surface area contributed by atoms with Crippen LogP contribution in [0.5, 0.6) is 0 Å². The van der Waals surface area contributed by atoms with E-state index >= 15 is 0 Å². The minimum atomic E-state index is -1.17. The molecule has 1 unspecified atom stereocenters. The van der Waals surface area contributed by atoms with E-state index in [1.165, 1.54) is 30.4 Å². The summed E-state index contributed by atoms with van der Waals surface area (Å²) in [5.41, 5.74) is 2.58. The van der Waals surface area contributed by atoms with Crippen LogP contribution in [0.4, 0.5) is 0 Å². The fraction of sp³-hybridized carbons (Fsp3) is 0.478. The van der Waals surface area contributed by atoms with Gasteiger partial charge in [0.1, 0.15) is 4.21 Å². The number of rotatable bonds is 4. The zero-order valence-corrected chi connectivity index (χ0v) is 17.0. The van der Waals surface area contributed by atoms with Crippen molar-refractivity contribution in [2.45, 2.75) is 61.0 Å². The van der Waals surface area contributed by atoms with Crippen LogP contribution in [0.2, 0.25) is 0 Å². The van der Waals surface area contributed by atoms with E-state index in [0.717, 1.165) is 30.6 Å². The number of alkyl halides is 1. The summed E-state index contributed by atoms with van der Waals surface area (Å²) in [6.07, 6.45) is 7.85. The second-order valence-corrected chi connectivity index (χ2v) is 10.7. The van der Waals surface area contributed by atoms with Crippen LogP contribution in [-0.2, 0) is 17.2 Å². The highest BCUT2D eigenvalue weighted by Crippen LogP contribution is 2.67. The van der Waals surface area contributed by atoms with Crippen LogP contribution in [-0.4, -0.2) is 8.42 Å². The van der Waals surface area contributed by atoms with E-state index in [4.69, 9.17) is 11.6 Å². The molecule has 0 heterocycles. The lowest BCUT2D eigenvalue weighted by Gasteiger charge is -2.62. The summed E-state index contributed by atoms with van der Waals surface area (Å²) in [7, 11) is -1.17. The van der Waals surface area contributed by atoms with Crippen LogP contribution in [0.3, 0.4) is 0 Å². The van der Waals surface area contributed by atoms with Gasteiger partial charge in [0.2, 0.25) is 0 Å². The molecule has 0 bridgehead atoms. The third kappa shape index (κ3) is 2.96. The molecule has 0 saturated heterocycles. The quantitative estimate of drug-likeness (QED) is 0.567. The second kappa shape index (κ2) is 7.13. The Morgan fingerprint density at radius 3 is 2.31 bits per heavy atom. The Balaban J connectivity index is 1.63. The predicted octanol–water partition coefficient (Wildman–Crippen LogP) is 6.25. The van der Waals surface area contributed by atoms with E-state index in [9.17, 15) is 4.21 Å². The summed E-state index contributed by atoms with van der Waals surface area (Å²) < 4.78 is 12.9. The van der Waals surface area contributed by atoms with Gasteiger partial charge in [0.05, 0.1) is 10.8 Å². The highest BCUT2D eigenvalue weighted by atomic mass is 35.5. The molecule has 0 aromatic heterocycles. The lowest BCUT2D eigenvalue weighted by Crippen LogP contribution is -2.63. The minimum Gasteiger partial charge on any atom is -0.252 e. The first-order valence-corrected chi connectivity index (χ1v) is 11.3. The molecule has 4 rings (SSSR count). The molecule has 2 aromatic carbocycles. The topological polar surface area (TPSA) is 17.1 Å². The molecular formula is C23H27ClOS. The van der Waals surface area contributed by atoms with Crippen LogP contribution in [0.25, 0.3) is 0 Å². The molecule has 0 amide bonds. The molecule has 2 aliphatic carbocycles. The van der Waals surface area contributed by atoms with Gasteiger partial charge < -0.3 is 0 Å². The van der Waals surface area contributed by atoms with Gasteiger partial charge in [-0.2, -0.15) is 0 Å². The van der Waals surface area contributed by atoms with E-state index in [1.54, 1.807) is 0 Å². The van der Waals surface area contributed by atoms with Crippen LogP contribution in [0, 0.1) is 18.3 Å². The molecule has 2 aliphatic rings. The predicted molar refractivity (Wildman–Crippen MR) is 110 cm³/mol.